The Morgan fingerprint density at radius 1 is 0.469 bits per heavy atom. The molecule has 12 aromatic rings. The van der Waals surface area contributed by atoms with Gasteiger partial charge in [0.2, 0.25) is 5.89 Å². The molecule has 0 atom stereocenters. The number of oxazole rings is 1. The molecule has 0 unspecified atom stereocenters. The molecule has 13 rings (SSSR count). The van der Waals surface area contributed by atoms with Crippen LogP contribution < -0.4 is 9.64 Å². The summed E-state index contributed by atoms with van der Waals surface area (Å²) >= 11 is 0. The normalized spacial score (nSPS) is 12.8. The zero-order chi connectivity index (χ0) is 42.3. The van der Waals surface area contributed by atoms with Crippen molar-refractivity contribution in [1.29, 1.82) is 0 Å². The molecule has 0 saturated heterocycles. The third kappa shape index (κ3) is 5.75. The quantitative estimate of drug-likeness (QED) is 0.157. The van der Waals surface area contributed by atoms with Gasteiger partial charge in [-0.05, 0) is 147 Å². The molecule has 0 radical (unpaired) electrons. The number of nitrogens with zero attached hydrogens (tertiary/aromatic N) is 3. The van der Waals surface area contributed by atoms with Gasteiger partial charge in [-0.25, -0.2) is 4.98 Å². The van der Waals surface area contributed by atoms with E-state index in [4.69, 9.17) is 14.1 Å². The molecule has 0 spiro atoms. The molecule has 10 aromatic carbocycles. The maximum atomic E-state index is 6.75. The van der Waals surface area contributed by atoms with E-state index < -0.39 is 0 Å². The number of hydrogen-bond acceptors (Lipinski definition) is 4. The molecule has 0 fully saturated rings. The van der Waals surface area contributed by atoms with Crippen LogP contribution in [0.4, 0.5) is 17.1 Å². The van der Waals surface area contributed by atoms with Crippen molar-refractivity contribution < 1.29 is 9.15 Å². The van der Waals surface area contributed by atoms with Crippen LogP contribution in [0.5, 0.6) is 5.75 Å². The second kappa shape index (κ2) is 14.3. The Kier molecular flexibility index (Phi) is 8.12. The Morgan fingerprint density at radius 3 is 1.84 bits per heavy atom. The minimum atomic E-state index is 0.581. The van der Waals surface area contributed by atoms with Gasteiger partial charge in [0.25, 0.3) is 0 Å². The Morgan fingerprint density at radius 2 is 1.08 bits per heavy atom. The molecule has 0 amide bonds. The molecule has 1 aliphatic heterocycles. The molecule has 1 aliphatic rings. The van der Waals surface area contributed by atoms with Crippen molar-refractivity contribution in [3.05, 3.63) is 223 Å². The van der Waals surface area contributed by atoms with Crippen LogP contribution in [0, 0.1) is 0 Å². The number of aromatic nitrogens is 2. The van der Waals surface area contributed by atoms with Crippen LogP contribution in [-0.4, -0.2) is 9.55 Å². The van der Waals surface area contributed by atoms with Crippen molar-refractivity contribution in [2.75, 3.05) is 4.90 Å². The first-order valence-electron chi connectivity index (χ1n) is 21.8. The van der Waals surface area contributed by atoms with E-state index in [0.29, 0.717) is 5.89 Å². The zero-order valence-corrected chi connectivity index (χ0v) is 35.0. The van der Waals surface area contributed by atoms with E-state index in [1.807, 2.05) is 6.07 Å². The predicted molar refractivity (Wildman–Crippen MR) is 264 cm³/mol. The van der Waals surface area contributed by atoms with Crippen molar-refractivity contribution in [3.63, 3.8) is 0 Å². The monoisotopic (exact) mass is 821 g/mol. The van der Waals surface area contributed by atoms with Gasteiger partial charge in [-0.1, -0.05) is 109 Å². The summed E-state index contributed by atoms with van der Waals surface area (Å²) in [4.78, 5) is 7.40. The van der Waals surface area contributed by atoms with Gasteiger partial charge in [-0.3, -0.25) is 0 Å². The molecule has 0 N–H and O–H groups in total. The lowest BCUT2D eigenvalue weighted by atomic mass is 9.94. The molecule has 64 heavy (non-hydrogen) atoms. The molecule has 0 saturated carbocycles. The van der Waals surface area contributed by atoms with Gasteiger partial charge in [0.15, 0.2) is 5.58 Å². The lowest BCUT2D eigenvalue weighted by Gasteiger charge is -2.26. The highest BCUT2D eigenvalue weighted by Gasteiger charge is 2.23. The van der Waals surface area contributed by atoms with Crippen LogP contribution >= 0.6 is 0 Å². The van der Waals surface area contributed by atoms with Gasteiger partial charge >= 0.3 is 0 Å². The second-order valence-corrected chi connectivity index (χ2v) is 16.8. The summed E-state index contributed by atoms with van der Waals surface area (Å²) in [5.74, 6) is 2.34. The number of ether oxygens (including phenoxy) is 1. The van der Waals surface area contributed by atoms with Crippen molar-refractivity contribution in [3.8, 4) is 22.9 Å². The van der Waals surface area contributed by atoms with E-state index in [1.54, 1.807) is 0 Å². The number of benzene rings is 10. The van der Waals surface area contributed by atoms with Gasteiger partial charge in [-0.15, -0.1) is 0 Å². The maximum absolute atomic E-state index is 6.75. The largest absolute Gasteiger partial charge is 0.456 e. The molecule has 0 aliphatic carbocycles. The number of para-hydroxylation sites is 3. The Balaban J connectivity index is 0.844. The van der Waals surface area contributed by atoms with Gasteiger partial charge in [0, 0.05) is 51.1 Å². The second-order valence-electron chi connectivity index (χ2n) is 16.8. The Hall–Kier alpha value is -8.41. The molecular formula is C59H39N3O2. The lowest BCUT2D eigenvalue weighted by Crippen LogP contribution is -2.09. The molecular weight excluding hydrogens is 783 g/mol. The van der Waals surface area contributed by atoms with Crippen molar-refractivity contribution in [2.45, 2.75) is 13.3 Å². The number of rotatable bonds is 6. The number of allylic oxidation sites excluding steroid dienone is 1. The van der Waals surface area contributed by atoms with Crippen LogP contribution in [0.15, 0.2) is 216 Å². The minimum Gasteiger partial charge on any atom is -0.456 e. The van der Waals surface area contributed by atoms with Crippen LogP contribution in [0.3, 0.4) is 0 Å². The summed E-state index contributed by atoms with van der Waals surface area (Å²) in [6.07, 6.45) is 0.759. The van der Waals surface area contributed by atoms with E-state index in [0.717, 1.165) is 68.5 Å². The summed E-state index contributed by atoms with van der Waals surface area (Å²) in [6.45, 7) is 2.17. The third-order valence-electron chi connectivity index (χ3n) is 12.9. The fourth-order valence-corrected chi connectivity index (χ4v) is 10.0. The predicted octanol–water partition coefficient (Wildman–Crippen LogP) is 15.9. The van der Waals surface area contributed by atoms with Crippen LogP contribution in [-0.2, 0) is 6.42 Å². The van der Waals surface area contributed by atoms with Gasteiger partial charge in [0.1, 0.15) is 17.0 Å². The van der Waals surface area contributed by atoms with Crippen LogP contribution in [0.25, 0.3) is 88.1 Å². The highest BCUT2D eigenvalue weighted by molar-refractivity contribution is 6.25. The standard InChI is InChI=1S/C59H39N3O2/c1-37-32-40-33-39(25-30-56(40)63-58(37)38-24-29-55-52(34-38)50-22-12-13-23-54(50)62(55)42-16-6-3-7-17-42)59-60-53-36-44(27-31-57(53)64-59)61(41-14-4-2-5-15-41)43-26-28-49-47-20-9-8-18-45(47)46-19-10-11-21-48(46)51(49)35-43/h2-31,33-36H,32H2,1H3. The summed E-state index contributed by atoms with van der Waals surface area (Å²) < 4.78 is 15.6. The summed E-state index contributed by atoms with van der Waals surface area (Å²) in [5, 5.41) is 9.91. The number of fused-ring (bicyclic) bond motifs is 11. The molecule has 3 heterocycles. The number of anilines is 3. The Bertz CT molecular complexity index is 3830. The van der Waals surface area contributed by atoms with Gasteiger partial charge in [0.05, 0.1) is 11.0 Å². The summed E-state index contributed by atoms with van der Waals surface area (Å²) in [5.41, 5.74) is 12.4. The average molecular weight is 822 g/mol. The topological polar surface area (TPSA) is 43.4 Å². The fourth-order valence-electron chi connectivity index (χ4n) is 10.0. The van der Waals surface area contributed by atoms with Crippen molar-refractivity contribution >= 4 is 88.0 Å². The first-order chi connectivity index (χ1) is 31.6. The van der Waals surface area contributed by atoms with E-state index in [1.165, 1.54) is 59.7 Å². The SMILES string of the molecule is CC1=C(c2ccc3c(c2)c2ccccc2n3-c2ccccc2)Oc2ccc(-c3nc4cc(N(c5ccccc5)c5ccc6c7ccccc7c7ccccc7c6c5)ccc4o3)cc2C1. The highest BCUT2D eigenvalue weighted by atomic mass is 16.5. The van der Waals surface area contributed by atoms with E-state index >= 15 is 0 Å². The number of hydrogen-bond donors (Lipinski definition) is 0. The lowest BCUT2D eigenvalue weighted by molar-refractivity contribution is 0.491. The molecule has 5 nitrogen and oxygen atoms in total. The maximum Gasteiger partial charge on any atom is 0.227 e. The molecule has 2 aromatic heterocycles. The smallest absolute Gasteiger partial charge is 0.227 e. The molecule has 302 valence electrons. The third-order valence-corrected chi connectivity index (χ3v) is 12.9. The van der Waals surface area contributed by atoms with Gasteiger partial charge < -0.3 is 18.6 Å². The summed E-state index contributed by atoms with van der Waals surface area (Å²) in [6, 6.07) is 73.3. The van der Waals surface area contributed by atoms with Crippen LogP contribution in [0.2, 0.25) is 0 Å². The van der Waals surface area contributed by atoms with E-state index in [-0.39, 0.29) is 0 Å². The van der Waals surface area contributed by atoms with Gasteiger partial charge in [-0.2, -0.15) is 0 Å². The summed E-state index contributed by atoms with van der Waals surface area (Å²) in [7, 11) is 0. The highest BCUT2D eigenvalue weighted by Crippen LogP contribution is 2.43. The average Bonchev–Trinajstić information content (AvgIpc) is 3.93. The first-order valence-corrected chi connectivity index (χ1v) is 21.8. The van der Waals surface area contributed by atoms with E-state index in [9.17, 15) is 0 Å². The molecule has 0 bridgehead atoms. The fraction of sp³-hybridized carbons (Fsp3) is 0.0339. The Labute approximate surface area is 369 Å². The first kappa shape index (κ1) is 36.3. The van der Waals surface area contributed by atoms with Crippen molar-refractivity contribution in [2.24, 2.45) is 0 Å². The molecule has 5 heteroatoms. The van der Waals surface area contributed by atoms with Crippen molar-refractivity contribution in [1.82, 2.24) is 9.55 Å². The van der Waals surface area contributed by atoms with Crippen LogP contribution in [0.1, 0.15) is 18.1 Å². The minimum absolute atomic E-state index is 0.581. The zero-order valence-electron chi connectivity index (χ0n) is 35.0. The van der Waals surface area contributed by atoms with E-state index in [2.05, 4.69) is 217 Å².